The summed E-state index contributed by atoms with van der Waals surface area (Å²) in [5, 5.41) is 9.57. The molecule has 25 heavy (non-hydrogen) atoms. The molecule has 2 aromatic rings. The Hall–Kier alpha value is -2.39. The second-order valence-corrected chi connectivity index (χ2v) is 6.41. The molecule has 2 rings (SSSR count). The Morgan fingerprint density at radius 3 is 2.52 bits per heavy atom. The van der Waals surface area contributed by atoms with Gasteiger partial charge in [0.2, 0.25) is 0 Å². The van der Waals surface area contributed by atoms with Gasteiger partial charge in [0.15, 0.2) is 0 Å². The van der Waals surface area contributed by atoms with Crippen molar-refractivity contribution in [3.63, 3.8) is 0 Å². The summed E-state index contributed by atoms with van der Waals surface area (Å²) in [6.45, 7) is 9.52. The number of carbonyl (C=O) groups is 1. The van der Waals surface area contributed by atoms with Crippen molar-refractivity contribution in [2.75, 3.05) is 0 Å². The third-order valence-corrected chi connectivity index (χ3v) is 4.17. The fourth-order valence-corrected chi connectivity index (χ4v) is 2.83. The van der Waals surface area contributed by atoms with Gasteiger partial charge in [-0.1, -0.05) is 55.8 Å². The molecular weight excluding hydrogens is 312 g/mol. The molecule has 0 saturated carbocycles. The Balaban J connectivity index is 2.38. The summed E-state index contributed by atoms with van der Waals surface area (Å²) in [5.74, 6) is -0.420. The Bertz CT molecular complexity index is 775. The lowest BCUT2D eigenvalue weighted by Gasteiger charge is -2.14. The predicted octanol–water partition coefficient (Wildman–Crippen LogP) is 4.73. The van der Waals surface area contributed by atoms with Crippen LogP contribution in [0.2, 0.25) is 0 Å². The van der Waals surface area contributed by atoms with Crippen LogP contribution in [-0.2, 0) is 29.2 Å². The minimum Gasteiger partial charge on any atom is -0.457 e. The molecule has 0 unspecified atom stereocenters. The first-order valence-electron chi connectivity index (χ1n) is 8.61. The summed E-state index contributed by atoms with van der Waals surface area (Å²) in [7, 11) is 0. The monoisotopic (exact) mass is 338 g/mol. The smallest absolute Gasteiger partial charge is 0.333 e. The Labute approximate surface area is 150 Å². The maximum Gasteiger partial charge on any atom is 0.333 e. The van der Waals surface area contributed by atoms with Crippen LogP contribution in [0.5, 0.6) is 0 Å². The highest BCUT2D eigenvalue weighted by Gasteiger charge is 2.11. The highest BCUT2D eigenvalue weighted by atomic mass is 16.5. The van der Waals surface area contributed by atoms with Crippen LogP contribution >= 0.6 is 0 Å². The molecule has 0 aliphatic heterocycles. The number of aryl methyl sites for hydroxylation is 2. The molecule has 0 amide bonds. The first-order chi connectivity index (χ1) is 12.0. The molecule has 132 valence electrons. The van der Waals surface area contributed by atoms with E-state index >= 15 is 0 Å². The molecule has 0 heterocycles. The van der Waals surface area contributed by atoms with Crippen LogP contribution in [0, 0.1) is 6.92 Å². The second-order valence-electron chi connectivity index (χ2n) is 6.41. The summed E-state index contributed by atoms with van der Waals surface area (Å²) in [6, 6.07) is 12.4. The molecule has 0 atom stereocenters. The number of benzene rings is 2. The number of aliphatic hydroxyl groups excluding tert-OH is 1. The summed E-state index contributed by atoms with van der Waals surface area (Å²) in [6.07, 6.45) is 2.09. The minimum absolute atomic E-state index is 0.0874. The van der Waals surface area contributed by atoms with E-state index in [1.807, 2.05) is 18.2 Å². The standard InChI is InChI=1S/C22H26O3/c1-5-6-17-11-16(4)7-10-21(17)18-8-9-19(13-23)20(12-18)14-25-22(24)15(2)3/h7-12,23H,2,5-6,13-14H2,1,3-4H3. The van der Waals surface area contributed by atoms with Gasteiger partial charge in [-0.15, -0.1) is 0 Å². The largest absolute Gasteiger partial charge is 0.457 e. The normalized spacial score (nSPS) is 10.6. The fourth-order valence-electron chi connectivity index (χ4n) is 2.83. The van der Waals surface area contributed by atoms with Crippen LogP contribution in [0.15, 0.2) is 48.6 Å². The van der Waals surface area contributed by atoms with E-state index in [2.05, 4.69) is 38.6 Å². The van der Waals surface area contributed by atoms with Gasteiger partial charge in [-0.3, -0.25) is 0 Å². The van der Waals surface area contributed by atoms with Crippen molar-refractivity contribution in [3.8, 4) is 11.1 Å². The van der Waals surface area contributed by atoms with Crippen molar-refractivity contribution in [3.05, 3.63) is 70.8 Å². The SMILES string of the molecule is C=C(C)C(=O)OCc1cc(-c2ccc(C)cc2CCC)ccc1CO. The Morgan fingerprint density at radius 2 is 1.88 bits per heavy atom. The number of rotatable bonds is 7. The van der Waals surface area contributed by atoms with E-state index in [-0.39, 0.29) is 13.2 Å². The zero-order chi connectivity index (χ0) is 18.4. The lowest BCUT2D eigenvalue weighted by atomic mass is 9.93. The lowest BCUT2D eigenvalue weighted by molar-refractivity contribution is -0.140. The van der Waals surface area contributed by atoms with Crippen molar-refractivity contribution < 1.29 is 14.6 Å². The third kappa shape index (κ3) is 4.80. The number of aliphatic hydroxyl groups is 1. The van der Waals surface area contributed by atoms with Crippen LogP contribution in [0.4, 0.5) is 0 Å². The van der Waals surface area contributed by atoms with E-state index in [0.717, 1.165) is 29.5 Å². The van der Waals surface area contributed by atoms with Gasteiger partial charge in [0, 0.05) is 5.57 Å². The van der Waals surface area contributed by atoms with Crippen LogP contribution in [-0.4, -0.2) is 11.1 Å². The topological polar surface area (TPSA) is 46.5 Å². The maximum atomic E-state index is 11.7. The van der Waals surface area contributed by atoms with Crippen molar-refractivity contribution in [1.29, 1.82) is 0 Å². The van der Waals surface area contributed by atoms with Crippen LogP contribution in [0.3, 0.4) is 0 Å². The van der Waals surface area contributed by atoms with Gasteiger partial charge >= 0.3 is 5.97 Å². The second kappa shape index (κ2) is 8.63. The fraction of sp³-hybridized carbons (Fsp3) is 0.318. The Morgan fingerprint density at radius 1 is 1.12 bits per heavy atom. The summed E-state index contributed by atoms with van der Waals surface area (Å²) in [5.41, 5.74) is 6.76. The van der Waals surface area contributed by atoms with E-state index in [1.54, 1.807) is 6.92 Å². The molecule has 1 N–H and O–H groups in total. The van der Waals surface area contributed by atoms with Crippen LogP contribution < -0.4 is 0 Å². The molecule has 0 bridgehead atoms. The quantitative estimate of drug-likeness (QED) is 0.586. The molecular formula is C22H26O3. The molecule has 3 nitrogen and oxygen atoms in total. The Kier molecular flexibility index (Phi) is 6.54. The van der Waals surface area contributed by atoms with Crippen LogP contribution in [0.25, 0.3) is 11.1 Å². The lowest BCUT2D eigenvalue weighted by Crippen LogP contribution is -2.07. The first kappa shape index (κ1) is 18.9. The summed E-state index contributed by atoms with van der Waals surface area (Å²) < 4.78 is 5.27. The maximum absolute atomic E-state index is 11.7. The average molecular weight is 338 g/mol. The number of esters is 1. The van der Waals surface area contributed by atoms with E-state index in [9.17, 15) is 9.90 Å². The molecule has 0 radical (unpaired) electrons. The highest BCUT2D eigenvalue weighted by Crippen LogP contribution is 2.28. The van der Waals surface area contributed by atoms with E-state index in [1.165, 1.54) is 16.7 Å². The molecule has 0 aliphatic rings. The number of ether oxygens (including phenoxy) is 1. The number of hydrogen-bond donors (Lipinski definition) is 1. The van der Waals surface area contributed by atoms with Gasteiger partial charge < -0.3 is 9.84 Å². The number of carbonyl (C=O) groups excluding carboxylic acids is 1. The van der Waals surface area contributed by atoms with Gasteiger partial charge in [-0.05, 0) is 54.2 Å². The van der Waals surface area contributed by atoms with Crippen molar-refractivity contribution >= 4 is 5.97 Å². The zero-order valence-electron chi connectivity index (χ0n) is 15.3. The van der Waals surface area contributed by atoms with Gasteiger partial charge in [0.25, 0.3) is 0 Å². The van der Waals surface area contributed by atoms with Gasteiger partial charge in [-0.2, -0.15) is 0 Å². The zero-order valence-corrected chi connectivity index (χ0v) is 15.3. The molecule has 0 fully saturated rings. The van der Waals surface area contributed by atoms with Crippen molar-refractivity contribution in [2.24, 2.45) is 0 Å². The molecule has 0 saturated heterocycles. The van der Waals surface area contributed by atoms with E-state index in [4.69, 9.17) is 4.74 Å². The molecule has 2 aromatic carbocycles. The molecule has 0 aliphatic carbocycles. The van der Waals surface area contributed by atoms with Gasteiger partial charge in [0.05, 0.1) is 6.61 Å². The van der Waals surface area contributed by atoms with Crippen molar-refractivity contribution in [1.82, 2.24) is 0 Å². The van der Waals surface area contributed by atoms with E-state index < -0.39 is 5.97 Å². The first-order valence-corrected chi connectivity index (χ1v) is 8.61. The van der Waals surface area contributed by atoms with Gasteiger partial charge in [-0.25, -0.2) is 4.79 Å². The molecule has 0 aromatic heterocycles. The van der Waals surface area contributed by atoms with Crippen LogP contribution in [0.1, 0.15) is 42.5 Å². The van der Waals surface area contributed by atoms with Crippen molar-refractivity contribution in [2.45, 2.75) is 46.8 Å². The highest BCUT2D eigenvalue weighted by molar-refractivity contribution is 5.86. The predicted molar refractivity (Wildman–Crippen MR) is 101 cm³/mol. The average Bonchev–Trinajstić information content (AvgIpc) is 2.59. The number of hydrogen-bond acceptors (Lipinski definition) is 3. The summed E-state index contributed by atoms with van der Waals surface area (Å²) >= 11 is 0. The summed E-state index contributed by atoms with van der Waals surface area (Å²) in [4.78, 5) is 11.7. The third-order valence-electron chi connectivity index (χ3n) is 4.17. The van der Waals surface area contributed by atoms with Gasteiger partial charge in [0.1, 0.15) is 6.61 Å². The minimum atomic E-state index is -0.420. The van der Waals surface area contributed by atoms with E-state index in [0.29, 0.717) is 5.57 Å². The molecule has 3 heteroatoms. The molecule has 0 spiro atoms.